The van der Waals surface area contributed by atoms with E-state index in [2.05, 4.69) is 10.6 Å². The van der Waals surface area contributed by atoms with Crippen LogP contribution in [-0.2, 0) is 4.79 Å². The molecule has 2 aromatic rings. The van der Waals surface area contributed by atoms with Gasteiger partial charge >= 0.3 is 0 Å². The van der Waals surface area contributed by atoms with Gasteiger partial charge in [-0.2, -0.15) is 0 Å². The van der Waals surface area contributed by atoms with E-state index >= 15 is 0 Å². The third kappa shape index (κ3) is 6.54. The van der Waals surface area contributed by atoms with Crippen LogP contribution in [0.25, 0.3) is 0 Å². The van der Waals surface area contributed by atoms with Crippen molar-refractivity contribution in [2.75, 3.05) is 33.4 Å². The highest BCUT2D eigenvalue weighted by molar-refractivity contribution is 5.94. The maximum absolute atomic E-state index is 12.0. The minimum atomic E-state index is -0.281. The molecular formula is C20H24N2O5. The summed E-state index contributed by atoms with van der Waals surface area (Å²) in [5.74, 6) is 1.29. The van der Waals surface area contributed by atoms with Gasteiger partial charge in [-0.1, -0.05) is 12.1 Å². The van der Waals surface area contributed by atoms with E-state index in [1.165, 1.54) is 7.11 Å². The average molecular weight is 372 g/mol. The van der Waals surface area contributed by atoms with E-state index in [9.17, 15) is 9.59 Å². The minimum Gasteiger partial charge on any atom is -0.494 e. The predicted octanol–water partition coefficient (Wildman–Crippen LogP) is 2.02. The van der Waals surface area contributed by atoms with Gasteiger partial charge in [-0.25, -0.2) is 0 Å². The molecule has 0 radical (unpaired) electrons. The summed E-state index contributed by atoms with van der Waals surface area (Å²) in [6.45, 7) is 2.96. The second kappa shape index (κ2) is 10.7. The second-order valence-corrected chi connectivity index (χ2v) is 5.50. The molecule has 0 saturated carbocycles. The molecule has 2 amide bonds. The van der Waals surface area contributed by atoms with Gasteiger partial charge in [0.25, 0.3) is 11.8 Å². The van der Waals surface area contributed by atoms with Crippen LogP contribution in [0.2, 0.25) is 0 Å². The molecule has 0 bridgehead atoms. The molecule has 0 saturated heterocycles. The molecule has 0 aliphatic rings. The van der Waals surface area contributed by atoms with Gasteiger partial charge in [-0.15, -0.1) is 0 Å². The lowest BCUT2D eigenvalue weighted by molar-refractivity contribution is -0.123. The Labute approximate surface area is 158 Å². The SMILES string of the molecule is CCOc1ccc(C(=O)NCCNC(=O)COc2ccccc2OC)cc1. The number of para-hydroxylation sites is 2. The smallest absolute Gasteiger partial charge is 0.258 e. The lowest BCUT2D eigenvalue weighted by Crippen LogP contribution is -2.36. The van der Waals surface area contributed by atoms with E-state index in [0.29, 0.717) is 36.8 Å². The third-order valence-electron chi connectivity index (χ3n) is 3.59. The molecule has 0 spiro atoms. The highest BCUT2D eigenvalue weighted by Gasteiger charge is 2.08. The average Bonchev–Trinajstić information content (AvgIpc) is 2.70. The van der Waals surface area contributed by atoms with Gasteiger partial charge in [0.05, 0.1) is 13.7 Å². The predicted molar refractivity (Wildman–Crippen MR) is 101 cm³/mol. The fourth-order valence-electron chi connectivity index (χ4n) is 2.28. The van der Waals surface area contributed by atoms with Crippen molar-refractivity contribution in [3.63, 3.8) is 0 Å². The summed E-state index contributed by atoms with van der Waals surface area (Å²) >= 11 is 0. The van der Waals surface area contributed by atoms with Crippen molar-refractivity contribution in [1.82, 2.24) is 10.6 Å². The molecule has 0 aliphatic carbocycles. The molecule has 27 heavy (non-hydrogen) atoms. The lowest BCUT2D eigenvalue weighted by Gasteiger charge is -2.11. The van der Waals surface area contributed by atoms with Crippen LogP contribution < -0.4 is 24.8 Å². The van der Waals surface area contributed by atoms with Crippen LogP contribution in [0.1, 0.15) is 17.3 Å². The van der Waals surface area contributed by atoms with Crippen molar-refractivity contribution in [2.24, 2.45) is 0 Å². The largest absolute Gasteiger partial charge is 0.494 e. The quantitative estimate of drug-likeness (QED) is 0.623. The van der Waals surface area contributed by atoms with Gasteiger partial charge in [0.2, 0.25) is 0 Å². The van der Waals surface area contributed by atoms with E-state index in [0.717, 1.165) is 5.75 Å². The number of ether oxygens (including phenoxy) is 3. The number of hydrogen-bond acceptors (Lipinski definition) is 5. The van der Waals surface area contributed by atoms with E-state index in [-0.39, 0.29) is 18.4 Å². The van der Waals surface area contributed by atoms with Crippen LogP contribution in [0.4, 0.5) is 0 Å². The molecule has 0 aromatic heterocycles. The molecule has 0 atom stereocenters. The number of nitrogens with one attached hydrogen (secondary N) is 2. The molecule has 7 heteroatoms. The third-order valence-corrected chi connectivity index (χ3v) is 3.59. The molecule has 0 aliphatic heterocycles. The number of carbonyl (C=O) groups excluding carboxylic acids is 2. The van der Waals surface area contributed by atoms with Crippen LogP contribution in [0.3, 0.4) is 0 Å². The van der Waals surface area contributed by atoms with Crippen molar-refractivity contribution in [3.8, 4) is 17.2 Å². The van der Waals surface area contributed by atoms with Crippen molar-refractivity contribution < 1.29 is 23.8 Å². The monoisotopic (exact) mass is 372 g/mol. The van der Waals surface area contributed by atoms with E-state index in [4.69, 9.17) is 14.2 Å². The van der Waals surface area contributed by atoms with Crippen LogP contribution in [-0.4, -0.2) is 45.2 Å². The Bertz CT molecular complexity index is 746. The number of hydrogen-bond donors (Lipinski definition) is 2. The van der Waals surface area contributed by atoms with Gasteiger partial charge in [-0.05, 0) is 43.3 Å². The van der Waals surface area contributed by atoms with Crippen molar-refractivity contribution in [1.29, 1.82) is 0 Å². The summed E-state index contributed by atoms with van der Waals surface area (Å²) in [4.78, 5) is 23.9. The molecular weight excluding hydrogens is 348 g/mol. The fourth-order valence-corrected chi connectivity index (χ4v) is 2.28. The fraction of sp³-hybridized carbons (Fsp3) is 0.300. The van der Waals surface area contributed by atoms with Crippen LogP contribution in [0.15, 0.2) is 48.5 Å². The van der Waals surface area contributed by atoms with E-state index < -0.39 is 0 Å². The standard InChI is InChI=1S/C20H24N2O5/c1-3-26-16-10-8-15(9-11-16)20(24)22-13-12-21-19(23)14-27-18-7-5-4-6-17(18)25-2/h4-11H,3,12-14H2,1-2H3,(H,21,23)(H,22,24). The molecule has 2 rings (SSSR count). The van der Waals surface area contributed by atoms with Gasteiger partial charge in [0, 0.05) is 18.7 Å². The zero-order chi connectivity index (χ0) is 19.5. The zero-order valence-electron chi connectivity index (χ0n) is 15.5. The molecule has 0 unspecified atom stereocenters. The second-order valence-electron chi connectivity index (χ2n) is 5.50. The summed E-state index contributed by atoms with van der Waals surface area (Å²) in [5.41, 5.74) is 0.532. The summed E-state index contributed by atoms with van der Waals surface area (Å²) in [6.07, 6.45) is 0. The highest BCUT2D eigenvalue weighted by Crippen LogP contribution is 2.25. The Kier molecular flexibility index (Phi) is 7.96. The Morgan fingerprint density at radius 1 is 0.889 bits per heavy atom. The molecule has 144 valence electrons. The number of amides is 2. The minimum absolute atomic E-state index is 0.132. The molecule has 2 aromatic carbocycles. The van der Waals surface area contributed by atoms with Crippen molar-refractivity contribution >= 4 is 11.8 Å². The van der Waals surface area contributed by atoms with E-state index in [1.54, 1.807) is 42.5 Å². The number of benzene rings is 2. The summed E-state index contributed by atoms with van der Waals surface area (Å²) in [6, 6.07) is 14.0. The summed E-state index contributed by atoms with van der Waals surface area (Å²) in [5, 5.41) is 5.43. The first-order valence-corrected chi connectivity index (χ1v) is 8.67. The van der Waals surface area contributed by atoms with Crippen LogP contribution in [0.5, 0.6) is 17.2 Å². The first-order chi connectivity index (χ1) is 13.1. The molecule has 2 N–H and O–H groups in total. The Morgan fingerprint density at radius 3 is 2.22 bits per heavy atom. The van der Waals surface area contributed by atoms with Crippen molar-refractivity contribution in [2.45, 2.75) is 6.92 Å². The van der Waals surface area contributed by atoms with E-state index in [1.807, 2.05) is 13.0 Å². The van der Waals surface area contributed by atoms with Gasteiger partial charge in [0.15, 0.2) is 18.1 Å². The van der Waals surface area contributed by atoms with Gasteiger partial charge < -0.3 is 24.8 Å². The zero-order valence-corrected chi connectivity index (χ0v) is 15.5. The van der Waals surface area contributed by atoms with Crippen LogP contribution in [0, 0.1) is 0 Å². The maximum atomic E-state index is 12.0. The van der Waals surface area contributed by atoms with Gasteiger partial charge in [0.1, 0.15) is 5.75 Å². The number of carbonyl (C=O) groups is 2. The molecule has 7 nitrogen and oxygen atoms in total. The summed E-state index contributed by atoms with van der Waals surface area (Å²) in [7, 11) is 1.54. The topological polar surface area (TPSA) is 85.9 Å². The first kappa shape index (κ1) is 20.1. The van der Waals surface area contributed by atoms with Crippen molar-refractivity contribution in [3.05, 3.63) is 54.1 Å². The number of rotatable bonds is 10. The highest BCUT2D eigenvalue weighted by atomic mass is 16.5. The molecule has 0 fully saturated rings. The normalized spacial score (nSPS) is 10.0. The maximum Gasteiger partial charge on any atom is 0.258 e. The van der Waals surface area contributed by atoms with Crippen LogP contribution >= 0.6 is 0 Å². The Hall–Kier alpha value is -3.22. The molecule has 0 heterocycles. The van der Waals surface area contributed by atoms with Gasteiger partial charge in [-0.3, -0.25) is 9.59 Å². The number of methoxy groups -OCH3 is 1. The Balaban J connectivity index is 1.66. The first-order valence-electron chi connectivity index (χ1n) is 8.67. The lowest BCUT2D eigenvalue weighted by atomic mass is 10.2. The summed E-state index contributed by atoms with van der Waals surface area (Å²) < 4.78 is 15.9. The Morgan fingerprint density at radius 2 is 1.56 bits per heavy atom.